The van der Waals surface area contributed by atoms with Crippen molar-refractivity contribution < 1.29 is 19.2 Å². The van der Waals surface area contributed by atoms with Crippen LogP contribution >= 0.6 is 0 Å². The summed E-state index contributed by atoms with van der Waals surface area (Å²) in [6.07, 6.45) is 2.05. The van der Waals surface area contributed by atoms with Crippen molar-refractivity contribution in [1.29, 1.82) is 0 Å². The van der Waals surface area contributed by atoms with E-state index in [0.29, 0.717) is 23.7 Å². The largest absolute Gasteiger partial charge is 0.493 e. The topological polar surface area (TPSA) is 83.2 Å². The number of rotatable bonds is 9. The Morgan fingerprint density at radius 1 is 1.23 bits per heavy atom. The minimum Gasteiger partial charge on any atom is -0.493 e. The van der Waals surface area contributed by atoms with Crippen LogP contribution in [0.25, 0.3) is 0 Å². The summed E-state index contributed by atoms with van der Waals surface area (Å²) in [5.41, 5.74) is 1.49. The number of ether oxygens (including phenoxy) is 2. The minimum atomic E-state index is -0.437. The Hall–Kier alpha value is -3.09. The molecule has 0 amide bonds. The minimum absolute atomic E-state index is 0.0225. The Balaban J connectivity index is 2.03. The molecule has 2 aromatic carbocycles. The van der Waals surface area contributed by atoms with Crippen molar-refractivity contribution in [2.45, 2.75) is 26.4 Å². The molecule has 0 aliphatic heterocycles. The smallest absolute Gasteiger partial charge is 0.269 e. The van der Waals surface area contributed by atoms with Crippen LogP contribution in [0.1, 0.15) is 37.5 Å². The Labute approximate surface area is 152 Å². The predicted octanol–water partition coefficient (Wildman–Crippen LogP) is 4.50. The lowest BCUT2D eigenvalue weighted by atomic mass is 10.1. The van der Waals surface area contributed by atoms with Gasteiger partial charge in [0.1, 0.15) is 6.10 Å². The molecule has 0 bridgehead atoms. The van der Waals surface area contributed by atoms with Crippen molar-refractivity contribution in [1.82, 2.24) is 0 Å². The number of hydrogen-bond donors (Lipinski definition) is 0. The molecular weight excluding hydrogens is 336 g/mol. The van der Waals surface area contributed by atoms with Crippen LogP contribution in [-0.4, -0.2) is 24.9 Å². The number of nitrogens with zero attached hydrogens (tertiary/aromatic N) is 2. The monoisotopic (exact) mass is 358 g/mol. The third-order valence-corrected chi connectivity index (χ3v) is 3.62. The number of methoxy groups -OCH3 is 1. The van der Waals surface area contributed by atoms with Crippen molar-refractivity contribution in [2.24, 2.45) is 5.16 Å². The van der Waals surface area contributed by atoms with Crippen molar-refractivity contribution in [3.05, 3.63) is 63.7 Å². The van der Waals surface area contributed by atoms with E-state index < -0.39 is 11.0 Å². The standard InChI is InChI=1S/C19H22N2O5/c1-4-10-25-18-9-8-15(11-19(18)24-3)13-20-26-14(2)16-6-5-7-17(12-16)21(22)23/h5-9,11-14H,4,10H2,1-3H3/b20-13-/t14-/m1/s1. The summed E-state index contributed by atoms with van der Waals surface area (Å²) in [4.78, 5) is 15.8. The third kappa shape index (κ3) is 5.20. The van der Waals surface area contributed by atoms with Crippen LogP contribution in [0.5, 0.6) is 11.5 Å². The molecule has 0 saturated heterocycles. The number of nitro groups is 1. The zero-order valence-corrected chi connectivity index (χ0v) is 15.0. The molecule has 0 aliphatic carbocycles. The Morgan fingerprint density at radius 3 is 2.73 bits per heavy atom. The van der Waals surface area contributed by atoms with E-state index >= 15 is 0 Å². The normalized spacial score (nSPS) is 12.0. The highest BCUT2D eigenvalue weighted by molar-refractivity contribution is 5.80. The molecule has 7 nitrogen and oxygen atoms in total. The van der Waals surface area contributed by atoms with Gasteiger partial charge in [0.2, 0.25) is 0 Å². The molecule has 0 aliphatic rings. The molecule has 2 rings (SSSR count). The Bertz CT molecular complexity index is 776. The molecule has 0 heterocycles. The van der Waals surface area contributed by atoms with Crippen LogP contribution in [-0.2, 0) is 4.84 Å². The first kappa shape index (κ1) is 19.2. The molecule has 0 radical (unpaired) electrons. The average molecular weight is 358 g/mol. The SMILES string of the molecule is CCCOc1ccc(/C=N\O[C@H](C)c2cccc([N+](=O)[O-])c2)cc1OC. The molecule has 26 heavy (non-hydrogen) atoms. The van der Waals surface area contributed by atoms with Crippen LogP contribution < -0.4 is 9.47 Å². The molecule has 0 fully saturated rings. The zero-order valence-electron chi connectivity index (χ0n) is 15.0. The van der Waals surface area contributed by atoms with Crippen LogP contribution in [0.4, 0.5) is 5.69 Å². The van der Waals surface area contributed by atoms with Gasteiger partial charge in [-0.15, -0.1) is 0 Å². The summed E-state index contributed by atoms with van der Waals surface area (Å²) < 4.78 is 10.9. The molecule has 1 atom stereocenters. The second kappa shape index (κ2) is 9.41. The molecule has 0 saturated carbocycles. The second-order valence-electron chi connectivity index (χ2n) is 5.59. The van der Waals surface area contributed by atoms with Gasteiger partial charge in [-0.05, 0) is 31.5 Å². The van der Waals surface area contributed by atoms with Gasteiger partial charge in [-0.3, -0.25) is 10.1 Å². The fourth-order valence-electron chi connectivity index (χ4n) is 2.23. The van der Waals surface area contributed by atoms with E-state index in [1.165, 1.54) is 12.1 Å². The number of hydrogen-bond acceptors (Lipinski definition) is 6. The van der Waals surface area contributed by atoms with Crippen LogP contribution in [0.3, 0.4) is 0 Å². The molecule has 2 aromatic rings. The first-order chi connectivity index (χ1) is 12.5. The van der Waals surface area contributed by atoms with Gasteiger partial charge in [0, 0.05) is 23.3 Å². The summed E-state index contributed by atoms with van der Waals surface area (Å²) >= 11 is 0. The van der Waals surface area contributed by atoms with Gasteiger partial charge in [0.05, 0.1) is 24.9 Å². The maximum absolute atomic E-state index is 10.8. The van der Waals surface area contributed by atoms with Crippen LogP contribution in [0.2, 0.25) is 0 Å². The number of oxime groups is 1. The van der Waals surface area contributed by atoms with E-state index in [1.807, 2.05) is 19.1 Å². The quantitative estimate of drug-likeness (QED) is 0.374. The summed E-state index contributed by atoms with van der Waals surface area (Å²) in [6, 6.07) is 11.8. The molecule has 0 aromatic heterocycles. The molecule has 0 N–H and O–H groups in total. The van der Waals surface area contributed by atoms with Gasteiger partial charge < -0.3 is 14.3 Å². The average Bonchev–Trinajstić information content (AvgIpc) is 2.66. The number of nitro benzene ring substituents is 1. The third-order valence-electron chi connectivity index (χ3n) is 3.62. The lowest BCUT2D eigenvalue weighted by molar-refractivity contribution is -0.385. The molecule has 0 spiro atoms. The van der Waals surface area contributed by atoms with Crippen molar-refractivity contribution >= 4 is 11.9 Å². The highest BCUT2D eigenvalue weighted by atomic mass is 16.6. The van der Waals surface area contributed by atoms with E-state index in [2.05, 4.69) is 5.16 Å². The summed E-state index contributed by atoms with van der Waals surface area (Å²) in [7, 11) is 1.58. The first-order valence-corrected chi connectivity index (χ1v) is 8.29. The predicted molar refractivity (Wildman–Crippen MR) is 99.0 cm³/mol. The maximum atomic E-state index is 10.8. The Morgan fingerprint density at radius 2 is 2.04 bits per heavy atom. The van der Waals surface area contributed by atoms with Crippen molar-refractivity contribution in [2.75, 3.05) is 13.7 Å². The lowest BCUT2D eigenvalue weighted by Gasteiger charge is -2.11. The van der Waals surface area contributed by atoms with E-state index in [0.717, 1.165) is 12.0 Å². The molecule has 7 heteroatoms. The molecule has 138 valence electrons. The molecule has 0 unspecified atom stereocenters. The molecular formula is C19H22N2O5. The van der Waals surface area contributed by atoms with E-state index in [9.17, 15) is 10.1 Å². The zero-order chi connectivity index (χ0) is 18.9. The van der Waals surface area contributed by atoms with Crippen molar-refractivity contribution in [3.63, 3.8) is 0 Å². The van der Waals surface area contributed by atoms with Gasteiger partial charge in [-0.1, -0.05) is 24.2 Å². The van der Waals surface area contributed by atoms with Crippen molar-refractivity contribution in [3.8, 4) is 11.5 Å². The highest BCUT2D eigenvalue weighted by Crippen LogP contribution is 2.28. The van der Waals surface area contributed by atoms with E-state index in [1.54, 1.807) is 38.4 Å². The fraction of sp³-hybridized carbons (Fsp3) is 0.316. The van der Waals surface area contributed by atoms with E-state index in [-0.39, 0.29) is 5.69 Å². The van der Waals surface area contributed by atoms with Crippen LogP contribution in [0.15, 0.2) is 47.6 Å². The van der Waals surface area contributed by atoms with Gasteiger partial charge in [0.15, 0.2) is 11.5 Å². The summed E-state index contributed by atoms with van der Waals surface area (Å²) in [6.45, 7) is 4.43. The number of non-ortho nitro benzene ring substituents is 1. The van der Waals surface area contributed by atoms with Gasteiger partial charge in [-0.2, -0.15) is 0 Å². The van der Waals surface area contributed by atoms with E-state index in [4.69, 9.17) is 14.3 Å². The van der Waals surface area contributed by atoms with Gasteiger partial charge >= 0.3 is 0 Å². The summed E-state index contributed by atoms with van der Waals surface area (Å²) in [5.74, 6) is 1.30. The Kier molecular flexibility index (Phi) is 6.96. The first-order valence-electron chi connectivity index (χ1n) is 8.29. The number of benzene rings is 2. The summed E-state index contributed by atoms with van der Waals surface area (Å²) in [5, 5.41) is 14.8. The van der Waals surface area contributed by atoms with Gasteiger partial charge in [-0.25, -0.2) is 0 Å². The maximum Gasteiger partial charge on any atom is 0.269 e. The van der Waals surface area contributed by atoms with Crippen LogP contribution in [0, 0.1) is 10.1 Å². The second-order valence-corrected chi connectivity index (χ2v) is 5.59. The highest BCUT2D eigenvalue weighted by Gasteiger charge is 2.11. The van der Waals surface area contributed by atoms with Gasteiger partial charge in [0.25, 0.3) is 5.69 Å². The fourth-order valence-corrected chi connectivity index (χ4v) is 2.23. The lowest BCUT2D eigenvalue weighted by Crippen LogP contribution is -1.99.